The third-order valence-corrected chi connectivity index (χ3v) is 6.17. The molecule has 30 heavy (non-hydrogen) atoms. The SMILES string of the molecule is CO[C@]12SCC(COC(C)=O)=C(C(=O)OCc3ccc([N+](=O)[O-])cc3)N1C(=O)C2N. The first-order valence-corrected chi connectivity index (χ1v) is 9.74. The van der Waals surface area contributed by atoms with Gasteiger partial charge >= 0.3 is 11.9 Å². The summed E-state index contributed by atoms with van der Waals surface area (Å²) in [5.74, 6) is -1.65. The van der Waals surface area contributed by atoms with E-state index >= 15 is 0 Å². The first-order chi connectivity index (χ1) is 14.2. The fourth-order valence-electron chi connectivity index (χ4n) is 3.10. The van der Waals surface area contributed by atoms with Crippen molar-refractivity contribution < 1.29 is 33.5 Å². The normalized spacial score (nSPS) is 22.8. The number of esters is 2. The summed E-state index contributed by atoms with van der Waals surface area (Å²) in [6.07, 6.45) is 0. The second-order valence-electron chi connectivity index (χ2n) is 6.51. The van der Waals surface area contributed by atoms with Crippen molar-refractivity contribution in [1.82, 2.24) is 4.90 Å². The minimum Gasteiger partial charge on any atom is -0.461 e. The number of hydrogen-bond donors (Lipinski definition) is 1. The summed E-state index contributed by atoms with van der Waals surface area (Å²) >= 11 is 1.21. The Morgan fingerprint density at radius 1 is 1.30 bits per heavy atom. The van der Waals surface area contributed by atoms with Crippen LogP contribution in [-0.4, -0.2) is 58.2 Å². The smallest absolute Gasteiger partial charge is 0.355 e. The molecule has 2 aliphatic heterocycles. The third-order valence-electron chi connectivity index (χ3n) is 4.66. The molecule has 0 bridgehead atoms. The standard InChI is InChI=1S/C18H19N3O8S/c1-10(22)28-8-12-9-30-18(27-2)15(19)16(23)20(18)14(12)17(24)29-7-11-3-5-13(6-4-11)21(25)26/h3-6,15H,7-9,19H2,1-2H3/t15?,18-/m1/s1. The molecule has 1 fully saturated rings. The maximum atomic E-state index is 12.9. The number of benzene rings is 1. The lowest BCUT2D eigenvalue weighted by molar-refractivity contribution is -0.384. The molecule has 1 amide bonds. The molecule has 2 aliphatic rings. The minimum atomic E-state index is -1.24. The first-order valence-electron chi connectivity index (χ1n) is 8.76. The number of nitro groups is 1. The fraction of sp³-hybridized carbons (Fsp3) is 0.389. The van der Waals surface area contributed by atoms with Crippen molar-refractivity contribution in [3.8, 4) is 0 Å². The Balaban J connectivity index is 1.83. The van der Waals surface area contributed by atoms with E-state index in [0.717, 1.165) is 4.90 Å². The van der Waals surface area contributed by atoms with Crippen LogP contribution in [0.5, 0.6) is 0 Å². The van der Waals surface area contributed by atoms with E-state index in [1.165, 1.54) is 50.1 Å². The van der Waals surface area contributed by atoms with E-state index in [-0.39, 0.29) is 30.4 Å². The predicted molar refractivity (Wildman–Crippen MR) is 104 cm³/mol. The number of β-lactam (4-membered cyclic amide) rings is 1. The van der Waals surface area contributed by atoms with E-state index in [1.807, 2.05) is 0 Å². The highest BCUT2D eigenvalue weighted by Crippen LogP contribution is 2.49. The summed E-state index contributed by atoms with van der Waals surface area (Å²) in [6.45, 7) is 0.860. The van der Waals surface area contributed by atoms with Gasteiger partial charge in [-0.05, 0) is 17.7 Å². The molecule has 0 aromatic heterocycles. The average molecular weight is 437 g/mol. The van der Waals surface area contributed by atoms with Gasteiger partial charge in [-0.3, -0.25) is 24.6 Å². The van der Waals surface area contributed by atoms with E-state index in [0.29, 0.717) is 11.1 Å². The average Bonchev–Trinajstić information content (AvgIpc) is 2.74. The van der Waals surface area contributed by atoms with E-state index < -0.39 is 33.9 Å². The topological polar surface area (TPSA) is 151 Å². The molecule has 1 aromatic rings. The van der Waals surface area contributed by atoms with Gasteiger partial charge in [-0.15, -0.1) is 0 Å². The number of nitrogens with zero attached hydrogens (tertiary/aromatic N) is 2. The van der Waals surface area contributed by atoms with Gasteiger partial charge in [0.05, 0.1) is 4.92 Å². The van der Waals surface area contributed by atoms with E-state index in [1.54, 1.807) is 0 Å². The number of thioether (sulfide) groups is 1. The number of rotatable bonds is 7. The van der Waals surface area contributed by atoms with Crippen LogP contribution in [0, 0.1) is 10.1 Å². The first kappa shape index (κ1) is 21.7. The van der Waals surface area contributed by atoms with Gasteiger partial charge in [0.25, 0.3) is 11.6 Å². The number of nitrogens with two attached hydrogens (primary N) is 1. The molecule has 0 radical (unpaired) electrons. The van der Waals surface area contributed by atoms with Gasteiger partial charge in [0.15, 0.2) is 0 Å². The largest absolute Gasteiger partial charge is 0.461 e. The molecule has 160 valence electrons. The zero-order valence-corrected chi connectivity index (χ0v) is 17.0. The van der Waals surface area contributed by atoms with E-state index in [2.05, 4.69) is 0 Å². The molecule has 11 nitrogen and oxygen atoms in total. The molecule has 2 atom stereocenters. The second-order valence-corrected chi connectivity index (χ2v) is 7.67. The van der Waals surface area contributed by atoms with Crippen molar-refractivity contribution in [3.63, 3.8) is 0 Å². The highest BCUT2D eigenvalue weighted by Gasteiger charge is 2.64. The van der Waals surface area contributed by atoms with Crippen LogP contribution in [0.25, 0.3) is 0 Å². The van der Waals surface area contributed by atoms with Crippen LogP contribution in [0.15, 0.2) is 35.5 Å². The van der Waals surface area contributed by atoms with E-state index in [4.69, 9.17) is 19.9 Å². The van der Waals surface area contributed by atoms with Crippen molar-refractivity contribution in [2.24, 2.45) is 5.73 Å². The predicted octanol–water partition coefficient (Wildman–Crippen LogP) is 0.672. The number of amides is 1. The molecule has 3 rings (SSSR count). The van der Waals surface area contributed by atoms with Gasteiger partial charge < -0.3 is 19.9 Å². The third kappa shape index (κ3) is 3.76. The molecule has 0 saturated carbocycles. The van der Waals surface area contributed by atoms with Crippen LogP contribution >= 0.6 is 11.8 Å². The van der Waals surface area contributed by atoms with Gasteiger partial charge in [0.2, 0.25) is 5.06 Å². The maximum Gasteiger partial charge on any atom is 0.355 e. The maximum absolute atomic E-state index is 12.9. The lowest BCUT2D eigenvalue weighted by Crippen LogP contribution is -2.78. The Labute approximate surface area is 175 Å². The Hall–Kier alpha value is -2.96. The molecule has 1 saturated heterocycles. The summed E-state index contributed by atoms with van der Waals surface area (Å²) < 4.78 is 15.8. The van der Waals surface area contributed by atoms with Crippen molar-refractivity contribution in [1.29, 1.82) is 0 Å². The quantitative estimate of drug-likeness (QED) is 0.279. The van der Waals surface area contributed by atoms with Crippen LogP contribution in [-0.2, 0) is 35.2 Å². The number of non-ortho nitro benzene ring substituents is 1. The number of carbonyl (C=O) groups excluding carboxylic acids is 3. The summed E-state index contributed by atoms with van der Waals surface area (Å²) in [5, 5.41) is 9.50. The monoisotopic (exact) mass is 437 g/mol. The van der Waals surface area contributed by atoms with Crippen molar-refractivity contribution in [2.75, 3.05) is 19.5 Å². The molecular weight excluding hydrogens is 418 g/mol. The van der Waals surface area contributed by atoms with Crippen molar-refractivity contribution in [2.45, 2.75) is 24.6 Å². The lowest BCUT2D eigenvalue weighted by Gasteiger charge is -2.56. The zero-order valence-electron chi connectivity index (χ0n) is 16.2. The Morgan fingerprint density at radius 3 is 2.53 bits per heavy atom. The zero-order chi connectivity index (χ0) is 22.1. The highest BCUT2D eigenvalue weighted by atomic mass is 32.2. The molecule has 2 N–H and O–H groups in total. The van der Waals surface area contributed by atoms with Crippen molar-refractivity contribution in [3.05, 3.63) is 51.2 Å². The number of fused-ring (bicyclic) bond motifs is 1. The highest BCUT2D eigenvalue weighted by molar-refractivity contribution is 8.00. The van der Waals surface area contributed by atoms with Gasteiger partial charge in [0, 0.05) is 37.5 Å². The van der Waals surface area contributed by atoms with Crippen LogP contribution in [0.2, 0.25) is 0 Å². The molecule has 1 unspecified atom stereocenters. The second kappa shape index (κ2) is 8.42. The Kier molecular flexibility index (Phi) is 6.10. The number of carbonyl (C=O) groups is 3. The lowest BCUT2D eigenvalue weighted by atomic mass is 10.0. The molecule has 12 heteroatoms. The summed E-state index contributed by atoms with van der Waals surface area (Å²) in [5.41, 5.74) is 6.64. The molecule has 0 aliphatic carbocycles. The minimum absolute atomic E-state index is 0.0783. The van der Waals surface area contributed by atoms with Crippen LogP contribution in [0.1, 0.15) is 12.5 Å². The van der Waals surface area contributed by atoms with Gasteiger partial charge in [-0.25, -0.2) is 4.79 Å². The van der Waals surface area contributed by atoms with Gasteiger partial charge in [0.1, 0.15) is 25.0 Å². The number of hydrogen-bond acceptors (Lipinski definition) is 10. The van der Waals surface area contributed by atoms with Crippen molar-refractivity contribution >= 4 is 35.3 Å². The van der Waals surface area contributed by atoms with Gasteiger partial charge in [-0.2, -0.15) is 0 Å². The van der Waals surface area contributed by atoms with Gasteiger partial charge in [-0.1, -0.05) is 11.8 Å². The Bertz CT molecular complexity index is 932. The summed E-state index contributed by atoms with van der Waals surface area (Å²) in [7, 11) is 1.38. The number of methoxy groups -OCH3 is 1. The Morgan fingerprint density at radius 2 is 1.97 bits per heavy atom. The number of ether oxygens (including phenoxy) is 3. The van der Waals surface area contributed by atoms with Crippen LogP contribution < -0.4 is 5.73 Å². The molecule has 0 spiro atoms. The molecule has 1 aromatic carbocycles. The fourth-order valence-corrected chi connectivity index (χ4v) is 4.41. The summed E-state index contributed by atoms with van der Waals surface area (Å²) in [6, 6.07) is 4.54. The molecule has 2 heterocycles. The molecular formula is C18H19N3O8S. The van der Waals surface area contributed by atoms with Crippen LogP contribution in [0.4, 0.5) is 5.69 Å². The summed E-state index contributed by atoms with van der Waals surface area (Å²) in [4.78, 5) is 47.8. The number of nitro benzene ring substituents is 1. The van der Waals surface area contributed by atoms with Crippen LogP contribution in [0.3, 0.4) is 0 Å². The van der Waals surface area contributed by atoms with E-state index in [9.17, 15) is 24.5 Å².